The fourth-order valence-electron chi connectivity index (χ4n) is 2.96. The summed E-state index contributed by atoms with van der Waals surface area (Å²) >= 11 is 18.8. The fourth-order valence-corrected chi connectivity index (χ4v) is 4.75. The van der Waals surface area contributed by atoms with Gasteiger partial charge in [-0.25, -0.2) is 0 Å². The van der Waals surface area contributed by atoms with E-state index >= 15 is 0 Å². The van der Waals surface area contributed by atoms with Crippen molar-refractivity contribution in [3.63, 3.8) is 0 Å². The number of nitrogens with zero attached hydrogens (tertiary/aromatic N) is 1. The number of hydrogen-bond acceptors (Lipinski definition) is 5. The normalized spacial score (nSPS) is 15.3. The van der Waals surface area contributed by atoms with Gasteiger partial charge in [0.2, 0.25) is 0 Å². The van der Waals surface area contributed by atoms with Gasteiger partial charge < -0.3 is 9.15 Å². The number of amides is 1. The maximum absolute atomic E-state index is 12.6. The van der Waals surface area contributed by atoms with Crippen LogP contribution in [0.2, 0.25) is 10.0 Å². The van der Waals surface area contributed by atoms with Crippen LogP contribution >= 0.6 is 47.2 Å². The SMILES string of the molecule is CCOc1ccc(N2C(=O)SC(=Cc3ccc(-c4cc(Cl)cc(Cl)c4)o3)C2=S)cc1. The second-order valence-electron chi connectivity index (χ2n) is 6.30. The minimum Gasteiger partial charge on any atom is -0.494 e. The van der Waals surface area contributed by atoms with Crippen molar-refractivity contribution in [2.24, 2.45) is 0 Å². The Morgan fingerprint density at radius 3 is 2.47 bits per heavy atom. The summed E-state index contributed by atoms with van der Waals surface area (Å²) in [4.78, 5) is 15.1. The molecule has 0 N–H and O–H groups in total. The van der Waals surface area contributed by atoms with E-state index in [1.807, 2.05) is 43.3 Å². The molecule has 2 heterocycles. The van der Waals surface area contributed by atoms with Crippen LogP contribution in [0.25, 0.3) is 17.4 Å². The van der Waals surface area contributed by atoms with E-state index in [0.29, 0.717) is 43.8 Å². The number of ether oxygens (including phenoxy) is 1. The Morgan fingerprint density at radius 2 is 1.80 bits per heavy atom. The lowest BCUT2D eigenvalue weighted by Gasteiger charge is -2.15. The lowest BCUT2D eigenvalue weighted by Crippen LogP contribution is -2.26. The van der Waals surface area contributed by atoms with Crippen molar-refractivity contribution in [2.45, 2.75) is 6.92 Å². The molecule has 0 bridgehead atoms. The summed E-state index contributed by atoms with van der Waals surface area (Å²) in [5.74, 6) is 1.94. The molecule has 1 aromatic heterocycles. The Bertz CT molecular complexity index is 1140. The van der Waals surface area contributed by atoms with E-state index in [4.69, 9.17) is 44.6 Å². The Balaban J connectivity index is 1.57. The maximum Gasteiger partial charge on any atom is 0.296 e. The molecule has 1 saturated heterocycles. The average molecular weight is 476 g/mol. The minimum atomic E-state index is -0.163. The topological polar surface area (TPSA) is 42.7 Å². The number of halogens is 2. The third kappa shape index (κ3) is 4.42. The first-order valence-corrected chi connectivity index (χ1v) is 11.0. The molecule has 1 fully saturated rings. The van der Waals surface area contributed by atoms with Gasteiger partial charge in [0.25, 0.3) is 5.24 Å². The van der Waals surface area contributed by atoms with Gasteiger partial charge in [-0.15, -0.1) is 0 Å². The number of thiocarbonyl (C=S) groups is 1. The van der Waals surface area contributed by atoms with Crippen LogP contribution in [0, 0.1) is 0 Å². The smallest absolute Gasteiger partial charge is 0.296 e. The molecule has 3 aromatic rings. The van der Waals surface area contributed by atoms with Crippen molar-refractivity contribution in [3.8, 4) is 17.1 Å². The molecule has 1 aliphatic heterocycles. The number of thioether (sulfide) groups is 1. The number of anilines is 1. The molecule has 0 radical (unpaired) electrons. The highest BCUT2D eigenvalue weighted by Gasteiger charge is 2.33. The maximum atomic E-state index is 12.6. The van der Waals surface area contributed by atoms with Crippen molar-refractivity contribution in [3.05, 3.63) is 75.3 Å². The standard InChI is InChI=1S/C22H15Cl2NO3S2/c1-2-27-17-5-3-16(4-6-17)25-21(29)20(30-22(25)26)12-18-7-8-19(28-18)13-9-14(23)11-15(24)10-13/h3-12H,2H2,1H3. The summed E-state index contributed by atoms with van der Waals surface area (Å²) in [6, 6.07) is 16.1. The summed E-state index contributed by atoms with van der Waals surface area (Å²) in [5.41, 5.74) is 1.46. The van der Waals surface area contributed by atoms with Gasteiger partial charge >= 0.3 is 0 Å². The largest absolute Gasteiger partial charge is 0.494 e. The molecule has 0 unspecified atom stereocenters. The summed E-state index contributed by atoms with van der Waals surface area (Å²) in [6.45, 7) is 2.50. The zero-order valence-electron chi connectivity index (χ0n) is 15.7. The first-order chi connectivity index (χ1) is 14.4. The van der Waals surface area contributed by atoms with Crippen molar-refractivity contribution < 1.29 is 13.9 Å². The van der Waals surface area contributed by atoms with Crippen molar-refractivity contribution >= 4 is 69.2 Å². The van der Waals surface area contributed by atoms with Gasteiger partial charge in [0, 0.05) is 15.6 Å². The van der Waals surface area contributed by atoms with E-state index in [1.165, 1.54) is 4.90 Å². The third-order valence-corrected chi connectivity index (χ3v) is 6.10. The molecular formula is C22H15Cl2NO3S2. The van der Waals surface area contributed by atoms with Crippen LogP contribution < -0.4 is 9.64 Å². The number of hydrogen-bond donors (Lipinski definition) is 0. The van der Waals surface area contributed by atoms with Gasteiger partial charge in [0.1, 0.15) is 22.3 Å². The molecule has 8 heteroatoms. The lowest BCUT2D eigenvalue weighted by molar-refractivity contribution is 0.268. The zero-order chi connectivity index (χ0) is 21.3. The van der Waals surface area contributed by atoms with Crippen LogP contribution in [0.3, 0.4) is 0 Å². The fraction of sp³-hybridized carbons (Fsp3) is 0.0909. The van der Waals surface area contributed by atoms with E-state index in [1.54, 1.807) is 24.3 Å². The Hall–Kier alpha value is -2.25. The second kappa shape index (κ2) is 8.86. The minimum absolute atomic E-state index is 0.163. The molecule has 30 heavy (non-hydrogen) atoms. The van der Waals surface area contributed by atoms with Gasteiger partial charge in [-0.2, -0.15) is 0 Å². The van der Waals surface area contributed by atoms with Gasteiger partial charge in [0.05, 0.1) is 17.2 Å². The van der Waals surface area contributed by atoms with Crippen LogP contribution in [0.5, 0.6) is 5.75 Å². The predicted molar refractivity (Wildman–Crippen MR) is 128 cm³/mol. The van der Waals surface area contributed by atoms with Crippen LogP contribution in [0.15, 0.2) is 63.9 Å². The predicted octanol–water partition coefficient (Wildman–Crippen LogP) is 7.69. The van der Waals surface area contributed by atoms with Gasteiger partial charge in [0.15, 0.2) is 0 Å². The van der Waals surface area contributed by atoms with E-state index in [-0.39, 0.29) is 5.24 Å². The number of rotatable bonds is 5. The van der Waals surface area contributed by atoms with Crippen LogP contribution in [0.1, 0.15) is 12.7 Å². The monoisotopic (exact) mass is 475 g/mol. The molecule has 0 atom stereocenters. The highest BCUT2D eigenvalue weighted by molar-refractivity contribution is 8.20. The van der Waals surface area contributed by atoms with Crippen molar-refractivity contribution in [1.29, 1.82) is 0 Å². The van der Waals surface area contributed by atoms with Crippen LogP contribution in [0.4, 0.5) is 10.5 Å². The first-order valence-electron chi connectivity index (χ1n) is 9.01. The lowest BCUT2D eigenvalue weighted by atomic mass is 10.2. The highest BCUT2D eigenvalue weighted by Crippen LogP contribution is 2.38. The zero-order valence-corrected chi connectivity index (χ0v) is 18.9. The Labute approximate surface area is 193 Å². The van der Waals surface area contributed by atoms with Crippen LogP contribution in [-0.2, 0) is 0 Å². The van der Waals surface area contributed by atoms with Crippen molar-refractivity contribution in [2.75, 3.05) is 11.5 Å². The summed E-state index contributed by atoms with van der Waals surface area (Å²) in [7, 11) is 0. The number of benzene rings is 2. The molecule has 1 amide bonds. The number of furan rings is 1. The molecule has 0 aliphatic carbocycles. The molecule has 1 aliphatic rings. The van der Waals surface area contributed by atoms with E-state index < -0.39 is 0 Å². The second-order valence-corrected chi connectivity index (χ2v) is 8.56. The summed E-state index contributed by atoms with van der Waals surface area (Å²) in [5, 5.41) is 0.889. The Morgan fingerprint density at radius 1 is 1.10 bits per heavy atom. The molecule has 4 rings (SSSR count). The average Bonchev–Trinajstić information content (AvgIpc) is 3.27. The highest BCUT2D eigenvalue weighted by atomic mass is 35.5. The van der Waals surface area contributed by atoms with Crippen molar-refractivity contribution in [1.82, 2.24) is 0 Å². The van der Waals surface area contributed by atoms with Crippen LogP contribution in [-0.4, -0.2) is 16.8 Å². The van der Waals surface area contributed by atoms with E-state index in [9.17, 15) is 4.79 Å². The quantitative estimate of drug-likeness (QED) is 0.279. The number of carbonyl (C=O) groups is 1. The molecule has 2 aromatic carbocycles. The number of carbonyl (C=O) groups excluding carboxylic acids is 1. The first kappa shape index (κ1) is 21.0. The van der Waals surface area contributed by atoms with Gasteiger partial charge in [-0.1, -0.05) is 35.4 Å². The van der Waals surface area contributed by atoms with E-state index in [0.717, 1.165) is 23.1 Å². The molecular weight excluding hydrogens is 461 g/mol. The third-order valence-electron chi connectivity index (χ3n) is 4.25. The Kier molecular flexibility index (Phi) is 6.20. The van der Waals surface area contributed by atoms with Gasteiger partial charge in [-0.05, 0) is 79.4 Å². The molecule has 4 nitrogen and oxygen atoms in total. The summed E-state index contributed by atoms with van der Waals surface area (Å²) < 4.78 is 11.3. The molecule has 0 saturated carbocycles. The van der Waals surface area contributed by atoms with E-state index in [2.05, 4.69) is 0 Å². The summed E-state index contributed by atoms with van der Waals surface area (Å²) in [6.07, 6.45) is 1.76. The molecule has 0 spiro atoms. The van der Waals surface area contributed by atoms with Gasteiger partial charge in [-0.3, -0.25) is 9.69 Å². The molecule has 152 valence electrons.